The van der Waals surface area contributed by atoms with E-state index in [0.717, 1.165) is 15.5 Å². The molecule has 0 spiro atoms. The van der Waals surface area contributed by atoms with Crippen molar-refractivity contribution in [3.63, 3.8) is 0 Å². The number of fused-ring (bicyclic) bond motifs is 1. The SMILES string of the molecule is CC1=C(C(=O)Nc2ccc3n[nH]c(Br)c3c2)C(c2ccc(Cl)c(O)c2)CC(=O)N1. The fourth-order valence-corrected chi connectivity index (χ4v) is 4.01. The predicted molar refractivity (Wildman–Crippen MR) is 114 cm³/mol. The van der Waals surface area contributed by atoms with Crippen molar-refractivity contribution < 1.29 is 14.7 Å². The van der Waals surface area contributed by atoms with Crippen LogP contribution in [0.1, 0.15) is 24.8 Å². The highest BCUT2D eigenvalue weighted by Gasteiger charge is 2.32. The van der Waals surface area contributed by atoms with E-state index in [4.69, 9.17) is 11.6 Å². The van der Waals surface area contributed by atoms with Gasteiger partial charge in [-0.05, 0) is 58.7 Å². The number of allylic oxidation sites excluding steroid dienone is 1. The molecule has 1 aliphatic rings. The van der Waals surface area contributed by atoms with E-state index in [1.54, 1.807) is 37.3 Å². The number of aromatic nitrogens is 2. The molecule has 9 heteroatoms. The number of halogens is 2. The topological polar surface area (TPSA) is 107 Å². The summed E-state index contributed by atoms with van der Waals surface area (Å²) < 4.78 is 0.721. The third-order valence-corrected chi connectivity index (χ3v) is 5.78. The summed E-state index contributed by atoms with van der Waals surface area (Å²) in [7, 11) is 0. The number of carbonyl (C=O) groups is 2. The Morgan fingerprint density at radius 1 is 1.31 bits per heavy atom. The third kappa shape index (κ3) is 3.73. The first kappa shape index (κ1) is 19.5. The van der Waals surface area contributed by atoms with Crippen molar-refractivity contribution in [2.75, 3.05) is 5.32 Å². The third-order valence-electron chi connectivity index (χ3n) is 4.85. The Balaban J connectivity index is 1.69. The van der Waals surface area contributed by atoms with Gasteiger partial charge in [-0.25, -0.2) is 0 Å². The van der Waals surface area contributed by atoms with E-state index in [2.05, 4.69) is 36.8 Å². The minimum Gasteiger partial charge on any atom is -0.506 e. The van der Waals surface area contributed by atoms with Gasteiger partial charge in [0.1, 0.15) is 10.4 Å². The minimum atomic E-state index is -0.503. The van der Waals surface area contributed by atoms with Crippen molar-refractivity contribution >= 4 is 55.9 Å². The van der Waals surface area contributed by atoms with Crippen LogP contribution < -0.4 is 10.6 Å². The van der Waals surface area contributed by atoms with E-state index >= 15 is 0 Å². The van der Waals surface area contributed by atoms with E-state index in [0.29, 0.717) is 22.5 Å². The quantitative estimate of drug-likeness (QED) is 0.455. The van der Waals surface area contributed by atoms with E-state index in [-0.39, 0.29) is 29.0 Å². The summed E-state index contributed by atoms with van der Waals surface area (Å²) in [4.78, 5) is 25.2. The van der Waals surface area contributed by atoms with Gasteiger partial charge in [-0.15, -0.1) is 0 Å². The molecule has 4 rings (SSSR count). The molecule has 3 aromatic rings. The molecule has 0 bridgehead atoms. The number of phenols is 1. The number of hydrogen-bond acceptors (Lipinski definition) is 4. The molecule has 0 saturated carbocycles. The average Bonchev–Trinajstić information content (AvgIpc) is 3.03. The predicted octanol–water partition coefficient (Wildman–Crippen LogP) is 4.20. The molecule has 1 unspecified atom stereocenters. The average molecular weight is 476 g/mol. The van der Waals surface area contributed by atoms with Crippen LogP contribution in [0.25, 0.3) is 10.9 Å². The van der Waals surface area contributed by atoms with Crippen molar-refractivity contribution in [3.8, 4) is 5.75 Å². The van der Waals surface area contributed by atoms with Crippen LogP contribution in [0.15, 0.2) is 52.3 Å². The first-order valence-electron chi connectivity index (χ1n) is 8.77. The maximum Gasteiger partial charge on any atom is 0.253 e. The van der Waals surface area contributed by atoms with Gasteiger partial charge in [0, 0.05) is 34.7 Å². The number of nitrogens with zero attached hydrogens (tertiary/aromatic N) is 1. The highest BCUT2D eigenvalue weighted by Crippen LogP contribution is 2.37. The van der Waals surface area contributed by atoms with Gasteiger partial charge in [-0.3, -0.25) is 14.7 Å². The molecule has 1 atom stereocenters. The second-order valence-electron chi connectivity index (χ2n) is 6.78. The Kier molecular flexibility index (Phi) is 5.06. The van der Waals surface area contributed by atoms with Gasteiger partial charge in [-0.2, -0.15) is 5.10 Å². The lowest BCUT2D eigenvalue weighted by Gasteiger charge is -2.27. The Labute approximate surface area is 179 Å². The summed E-state index contributed by atoms with van der Waals surface area (Å²) in [6.45, 7) is 1.69. The smallest absolute Gasteiger partial charge is 0.253 e. The zero-order chi connectivity index (χ0) is 20.7. The fraction of sp³-hybridized carbons (Fsp3) is 0.150. The lowest BCUT2D eigenvalue weighted by molar-refractivity contribution is -0.121. The number of benzene rings is 2. The first-order chi connectivity index (χ1) is 13.8. The number of nitrogens with one attached hydrogen (secondary N) is 3. The number of aromatic hydroxyl groups is 1. The molecule has 29 heavy (non-hydrogen) atoms. The highest BCUT2D eigenvalue weighted by molar-refractivity contribution is 9.10. The number of rotatable bonds is 3. The van der Waals surface area contributed by atoms with E-state index in [9.17, 15) is 14.7 Å². The fourth-order valence-electron chi connectivity index (χ4n) is 3.49. The number of anilines is 1. The Morgan fingerprint density at radius 3 is 2.86 bits per heavy atom. The zero-order valence-electron chi connectivity index (χ0n) is 15.2. The van der Waals surface area contributed by atoms with Gasteiger partial charge < -0.3 is 15.7 Å². The first-order valence-corrected chi connectivity index (χ1v) is 9.94. The lowest BCUT2D eigenvalue weighted by Crippen LogP contribution is -2.35. The Hall–Kier alpha value is -2.84. The van der Waals surface area contributed by atoms with Crippen LogP contribution in [-0.2, 0) is 9.59 Å². The van der Waals surface area contributed by atoms with Gasteiger partial charge in [0.15, 0.2) is 0 Å². The molecule has 1 aliphatic heterocycles. The molecule has 148 valence electrons. The molecule has 2 heterocycles. The molecule has 1 aromatic heterocycles. The van der Waals surface area contributed by atoms with Crippen LogP contribution in [0.5, 0.6) is 5.75 Å². The number of carbonyl (C=O) groups excluding carboxylic acids is 2. The zero-order valence-corrected chi connectivity index (χ0v) is 17.6. The van der Waals surface area contributed by atoms with Crippen LogP contribution in [0.4, 0.5) is 5.69 Å². The molecule has 2 aromatic carbocycles. The summed E-state index contributed by atoms with van der Waals surface area (Å²) in [5.74, 6) is -1.12. The largest absolute Gasteiger partial charge is 0.506 e. The summed E-state index contributed by atoms with van der Waals surface area (Å²) >= 11 is 9.29. The van der Waals surface area contributed by atoms with Gasteiger partial charge in [0.05, 0.1) is 10.5 Å². The molecule has 7 nitrogen and oxygen atoms in total. The van der Waals surface area contributed by atoms with Gasteiger partial charge in [0.25, 0.3) is 5.91 Å². The van der Waals surface area contributed by atoms with Crippen molar-refractivity contribution in [1.29, 1.82) is 0 Å². The number of phenolic OH excluding ortho intramolecular Hbond substituents is 1. The maximum atomic E-state index is 13.1. The minimum absolute atomic E-state index is 0.0908. The maximum absolute atomic E-state index is 13.1. The Morgan fingerprint density at radius 2 is 2.10 bits per heavy atom. The number of aromatic amines is 1. The second kappa shape index (κ2) is 7.53. The summed E-state index contributed by atoms with van der Waals surface area (Å²) in [6.07, 6.45) is 0.0908. The van der Waals surface area contributed by atoms with E-state index in [1.807, 2.05) is 0 Å². The molecule has 0 aliphatic carbocycles. The van der Waals surface area contributed by atoms with Crippen LogP contribution in [0.3, 0.4) is 0 Å². The van der Waals surface area contributed by atoms with Crippen molar-refractivity contribution in [1.82, 2.24) is 15.5 Å². The molecule has 4 N–H and O–H groups in total. The number of amides is 2. The number of H-pyrrole nitrogens is 1. The molecule has 0 saturated heterocycles. The summed E-state index contributed by atoms with van der Waals surface area (Å²) in [5, 5.41) is 23.6. The van der Waals surface area contributed by atoms with Crippen LogP contribution >= 0.6 is 27.5 Å². The molecule has 2 amide bonds. The van der Waals surface area contributed by atoms with Gasteiger partial charge >= 0.3 is 0 Å². The summed E-state index contributed by atoms with van der Waals surface area (Å²) in [6, 6.07) is 10.1. The lowest BCUT2D eigenvalue weighted by atomic mass is 9.84. The van der Waals surface area contributed by atoms with Crippen molar-refractivity contribution in [3.05, 3.63) is 62.9 Å². The standard InChI is InChI=1S/C20H16BrClN4O3/c1-9-18(12(8-17(28)23-9)10-2-4-14(22)16(27)6-10)20(29)24-11-3-5-15-13(7-11)19(21)26-25-15/h2-7,12,27H,8H2,1H3,(H,23,28)(H,24,29)(H,25,26). The molecule has 0 fully saturated rings. The molecular weight excluding hydrogens is 460 g/mol. The van der Waals surface area contributed by atoms with Crippen LogP contribution in [0, 0.1) is 0 Å². The van der Waals surface area contributed by atoms with Crippen LogP contribution in [-0.4, -0.2) is 27.1 Å². The van der Waals surface area contributed by atoms with Gasteiger partial charge in [-0.1, -0.05) is 17.7 Å². The molecular formula is C20H16BrClN4O3. The second-order valence-corrected chi connectivity index (χ2v) is 7.98. The highest BCUT2D eigenvalue weighted by atomic mass is 79.9. The van der Waals surface area contributed by atoms with Crippen molar-refractivity contribution in [2.24, 2.45) is 0 Å². The van der Waals surface area contributed by atoms with E-state index in [1.165, 1.54) is 6.07 Å². The van der Waals surface area contributed by atoms with Crippen LogP contribution in [0.2, 0.25) is 5.02 Å². The Bertz CT molecular complexity index is 1190. The monoisotopic (exact) mass is 474 g/mol. The normalized spacial score (nSPS) is 16.8. The van der Waals surface area contributed by atoms with E-state index < -0.39 is 5.92 Å². The molecule has 0 radical (unpaired) electrons. The van der Waals surface area contributed by atoms with Crippen molar-refractivity contribution in [2.45, 2.75) is 19.3 Å². The number of hydrogen-bond donors (Lipinski definition) is 4. The summed E-state index contributed by atoms with van der Waals surface area (Å²) in [5.41, 5.74) is 2.91. The van der Waals surface area contributed by atoms with Gasteiger partial charge in [0.2, 0.25) is 5.91 Å².